The summed E-state index contributed by atoms with van der Waals surface area (Å²) in [5.74, 6) is 2.45. The zero-order valence-corrected chi connectivity index (χ0v) is 14.1. The van der Waals surface area contributed by atoms with Crippen LogP contribution in [0.1, 0.15) is 34.1 Å². The smallest absolute Gasteiger partial charge is 0.255 e. The molecule has 3 heterocycles. The van der Waals surface area contributed by atoms with Crippen LogP contribution >= 0.6 is 23.7 Å². The zero-order chi connectivity index (χ0) is 13.7. The summed E-state index contributed by atoms with van der Waals surface area (Å²) < 4.78 is 0. The third-order valence-electron chi connectivity index (χ3n) is 5.31. The molecular weight excluding hydrogens is 304 g/mol. The van der Waals surface area contributed by atoms with E-state index in [0.29, 0.717) is 17.7 Å². The normalized spacial score (nSPS) is 30.7. The molecule has 2 aliphatic heterocycles. The highest BCUT2D eigenvalue weighted by Crippen LogP contribution is 2.35. The van der Waals surface area contributed by atoms with Crippen molar-refractivity contribution in [2.75, 3.05) is 26.2 Å². The Morgan fingerprint density at radius 2 is 2.05 bits per heavy atom. The van der Waals surface area contributed by atoms with Crippen LogP contribution in [0.3, 0.4) is 0 Å². The number of amides is 1. The summed E-state index contributed by atoms with van der Waals surface area (Å²) in [5.41, 5.74) is 2.39. The highest BCUT2D eigenvalue weighted by molar-refractivity contribution is 7.10. The van der Waals surface area contributed by atoms with Gasteiger partial charge in [0.1, 0.15) is 0 Å². The van der Waals surface area contributed by atoms with E-state index in [1.807, 2.05) is 0 Å². The van der Waals surface area contributed by atoms with Crippen LogP contribution in [0.5, 0.6) is 0 Å². The Labute approximate surface area is 136 Å². The van der Waals surface area contributed by atoms with E-state index in [1.165, 1.54) is 23.3 Å². The first-order valence-electron chi connectivity index (χ1n) is 7.81. The van der Waals surface area contributed by atoms with E-state index in [-0.39, 0.29) is 12.4 Å². The van der Waals surface area contributed by atoms with E-state index in [0.717, 1.165) is 44.1 Å². The maximum Gasteiger partial charge on any atom is 0.255 e. The number of hydrogen-bond donors (Lipinski definition) is 1. The van der Waals surface area contributed by atoms with E-state index in [2.05, 4.69) is 22.5 Å². The van der Waals surface area contributed by atoms with Crippen molar-refractivity contribution in [3.8, 4) is 0 Å². The van der Waals surface area contributed by atoms with Crippen molar-refractivity contribution in [3.63, 3.8) is 0 Å². The van der Waals surface area contributed by atoms with Gasteiger partial charge in [0.05, 0.1) is 5.56 Å². The summed E-state index contributed by atoms with van der Waals surface area (Å²) >= 11 is 1.80. The van der Waals surface area contributed by atoms with Gasteiger partial charge in [0.15, 0.2) is 0 Å². The molecule has 5 heteroatoms. The maximum absolute atomic E-state index is 12.8. The highest BCUT2D eigenvalue weighted by Gasteiger charge is 2.39. The number of thiophene rings is 1. The van der Waals surface area contributed by atoms with Crippen LogP contribution in [-0.4, -0.2) is 37.0 Å². The van der Waals surface area contributed by atoms with Crippen LogP contribution in [0.15, 0.2) is 5.38 Å². The molecule has 3 atom stereocenters. The molecule has 1 aromatic rings. The van der Waals surface area contributed by atoms with E-state index in [9.17, 15) is 4.79 Å². The molecule has 1 unspecified atom stereocenters. The number of halogens is 1. The predicted octanol–water partition coefficient (Wildman–Crippen LogP) is 2.59. The molecule has 1 N–H and O–H groups in total. The van der Waals surface area contributed by atoms with Gasteiger partial charge in [0.2, 0.25) is 0 Å². The van der Waals surface area contributed by atoms with Crippen LogP contribution in [0, 0.1) is 17.8 Å². The minimum Gasteiger partial charge on any atom is -0.338 e. The molecule has 21 heavy (non-hydrogen) atoms. The minimum absolute atomic E-state index is 0. The number of carbonyl (C=O) groups is 1. The van der Waals surface area contributed by atoms with Crippen molar-refractivity contribution in [2.24, 2.45) is 17.8 Å². The van der Waals surface area contributed by atoms with Gasteiger partial charge in [0.25, 0.3) is 5.91 Å². The molecule has 0 bridgehead atoms. The summed E-state index contributed by atoms with van der Waals surface area (Å²) in [6, 6.07) is 0. The standard InChI is InChI=1S/C16H22N2OS.ClH/c1-10-2-3-13-14(9-20-15(13)4-10)16(19)18-7-11-5-17-6-12(11)8-18;/h9-12,17H,2-8H2,1H3;1H/t10?,11-,12+;. The Morgan fingerprint density at radius 3 is 2.76 bits per heavy atom. The fraction of sp³-hybridized carbons (Fsp3) is 0.688. The summed E-state index contributed by atoms with van der Waals surface area (Å²) in [6.07, 6.45) is 3.50. The summed E-state index contributed by atoms with van der Waals surface area (Å²) in [7, 11) is 0. The number of rotatable bonds is 1. The predicted molar refractivity (Wildman–Crippen MR) is 88.5 cm³/mol. The van der Waals surface area contributed by atoms with Gasteiger partial charge in [0, 0.05) is 36.4 Å². The molecule has 0 spiro atoms. The van der Waals surface area contributed by atoms with Gasteiger partial charge in [-0.3, -0.25) is 4.79 Å². The largest absolute Gasteiger partial charge is 0.338 e. The number of hydrogen-bond acceptors (Lipinski definition) is 3. The molecule has 0 radical (unpaired) electrons. The van der Waals surface area contributed by atoms with Gasteiger partial charge in [-0.15, -0.1) is 23.7 Å². The minimum atomic E-state index is 0. The molecule has 3 aliphatic rings. The number of nitrogens with one attached hydrogen (secondary N) is 1. The van der Waals surface area contributed by atoms with Crippen LogP contribution < -0.4 is 5.32 Å². The average Bonchev–Trinajstić information content (AvgIpc) is 3.10. The SMILES string of the molecule is CC1CCc2c(C(=O)N3C[C@H]4CNC[C@H]4C3)csc2C1.Cl. The zero-order valence-electron chi connectivity index (χ0n) is 12.4. The second kappa shape index (κ2) is 5.90. The average molecular weight is 327 g/mol. The molecule has 2 fully saturated rings. The monoisotopic (exact) mass is 326 g/mol. The van der Waals surface area contributed by atoms with Gasteiger partial charge in [-0.25, -0.2) is 0 Å². The first kappa shape index (κ1) is 15.3. The summed E-state index contributed by atoms with van der Waals surface area (Å²) in [5, 5.41) is 5.56. The fourth-order valence-corrected chi connectivity index (χ4v) is 5.29. The first-order valence-corrected chi connectivity index (χ1v) is 8.69. The second-order valence-electron chi connectivity index (χ2n) is 6.79. The first-order chi connectivity index (χ1) is 9.72. The molecule has 1 aromatic heterocycles. The van der Waals surface area contributed by atoms with Crippen molar-refractivity contribution in [1.82, 2.24) is 10.2 Å². The quantitative estimate of drug-likeness (QED) is 0.860. The van der Waals surface area contributed by atoms with Gasteiger partial charge in [-0.1, -0.05) is 6.92 Å². The fourth-order valence-electron chi connectivity index (χ4n) is 4.05. The third kappa shape index (κ3) is 2.62. The van der Waals surface area contributed by atoms with E-state index < -0.39 is 0 Å². The molecular formula is C16H23ClN2OS. The molecule has 1 amide bonds. The molecule has 0 aromatic carbocycles. The van der Waals surface area contributed by atoms with Crippen LogP contribution in [0.4, 0.5) is 0 Å². The van der Waals surface area contributed by atoms with E-state index >= 15 is 0 Å². The Bertz CT molecular complexity index is 532. The van der Waals surface area contributed by atoms with Gasteiger partial charge in [-0.05, 0) is 42.6 Å². The lowest BCUT2D eigenvalue weighted by Crippen LogP contribution is -2.32. The molecule has 0 saturated carbocycles. The molecule has 3 nitrogen and oxygen atoms in total. The van der Waals surface area contributed by atoms with Crippen LogP contribution in [0.2, 0.25) is 0 Å². The lowest BCUT2D eigenvalue weighted by atomic mass is 9.88. The Hall–Kier alpha value is -0.580. The van der Waals surface area contributed by atoms with Gasteiger partial charge >= 0.3 is 0 Å². The van der Waals surface area contributed by atoms with Crippen molar-refractivity contribution in [2.45, 2.75) is 26.2 Å². The van der Waals surface area contributed by atoms with Crippen LogP contribution in [0.25, 0.3) is 0 Å². The molecule has 116 valence electrons. The summed E-state index contributed by atoms with van der Waals surface area (Å²) in [4.78, 5) is 16.4. The number of likely N-dealkylation sites (tertiary alicyclic amines) is 1. The van der Waals surface area contributed by atoms with Crippen molar-refractivity contribution in [3.05, 3.63) is 21.4 Å². The topological polar surface area (TPSA) is 32.3 Å². The maximum atomic E-state index is 12.8. The third-order valence-corrected chi connectivity index (χ3v) is 6.36. The lowest BCUT2D eigenvalue weighted by molar-refractivity contribution is 0.0781. The van der Waals surface area contributed by atoms with E-state index in [1.54, 1.807) is 11.3 Å². The van der Waals surface area contributed by atoms with Crippen molar-refractivity contribution >= 4 is 29.7 Å². The van der Waals surface area contributed by atoms with Gasteiger partial charge in [-0.2, -0.15) is 0 Å². The van der Waals surface area contributed by atoms with Crippen LogP contribution in [-0.2, 0) is 12.8 Å². The van der Waals surface area contributed by atoms with E-state index in [4.69, 9.17) is 0 Å². The molecule has 2 saturated heterocycles. The Balaban J connectivity index is 0.00000132. The number of carbonyl (C=O) groups excluding carboxylic acids is 1. The highest BCUT2D eigenvalue weighted by atomic mass is 35.5. The molecule has 4 rings (SSSR count). The number of fused-ring (bicyclic) bond motifs is 2. The lowest BCUT2D eigenvalue weighted by Gasteiger charge is -2.21. The Kier molecular flexibility index (Phi) is 4.30. The van der Waals surface area contributed by atoms with Crippen molar-refractivity contribution < 1.29 is 4.79 Å². The summed E-state index contributed by atoms with van der Waals surface area (Å²) in [6.45, 7) is 6.41. The Morgan fingerprint density at radius 1 is 1.33 bits per heavy atom. The molecule has 1 aliphatic carbocycles. The number of nitrogens with zero attached hydrogens (tertiary/aromatic N) is 1. The van der Waals surface area contributed by atoms with Gasteiger partial charge < -0.3 is 10.2 Å². The second-order valence-corrected chi connectivity index (χ2v) is 7.75. The van der Waals surface area contributed by atoms with Crippen molar-refractivity contribution in [1.29, 1.82) is 0 Å².